The average molecular weight is 278 g/mol. The van der Waals surface area contributed by atoms with E-state index >= 15 is 0 Å². The molecule has 1 aromatic rings. The van der Waals surface area contributed by atoms with Crippen LogP contribution in [0.15, 0.2) is 18.2 Å². The summed E-state index contributed by atoms with van der Waals surface area (Å²) in [5.74, 6) is 0. The minimum atomic E-state index is 0.366. The van der Waals surface area contributed by atoms with Crippen LogP contribution in [0.1, 0.15) is 17.5 Å². The van der Waals surface area contributed by atoms with Crippen molar-refractivity contribution in [3.8, 4) is 0 Å². The van der Waals surface area contributed by atoms with Gasteiger partial charge in [-0.1, -0.05) is 17.7 Å². The molecule has 0 radical (unpaired) electrons. The normalized spacial score (nSPS) is 18.8. The smallest absolute Gasteiger partial charge is 0.0762 e. The van der Waals surface area contributed by atoms with Crippen LogP contribution in [0.4, 0.5) is 5.69 Å². The molecular weight excluding hydrogens is 252 g/mol. The van der Waals surface area contributed by atoms with Gasteiger partial charge in [0.15, 0.2) is 0 Å². The van der Waals surface area contributed by atoms with E-state index in [2.05, 4.69) is 35.3 Å². The number of nitrogens with one attached hydrogen (secondary N) is 1. The van der Waals surface area contributed by atoms with Crippen molar-refractivity contribution >= 4 is 5.69 Å². The molecule has 1 aliphatic rings. The van der Waals surface area contributed by atoms with Gasteiger partial charge < -0.3 is 19.7 Å². The molecule has 4 nitrogen and oxygen atoms in total. The zero-order valence-corrected chi connectivity index (χ0v) is 12.8. The SMILES string of the molecule is COCCNCc1cc(C)ccc1N1CCC(OC)C1. The highest BCUT2D eigenvalue weighted by Crippen LogP contribution is 2.26. The molecule has 0 bridgehead atoms. The Kier molecular flexibility index (Phi) is 5.83. The number of hydrogen-bond acceptors (Lipinski definition) is 4. The Bertz CT molecular complexity index is 423. The lowest BCUT2D eigenvalue weighted by Crippen LogP contribution is -2.25. The van der Waals surface area contributed by atoms with Gasteiger partial charge in [-0.3, -0.25) is 0 Å². The van der Waals surface area contributed by atoms with Crippen LogP contribution >= 0.6 is 0 Å². The monoisotopic (exact) mass is 278 g/mol. The minimum absolute atomic E-state index is 0.366. The fourth-order valence-electron chi connectivity index (χ4n) is 2.70. The highest BCUT2D eigenvalue weighted by molar-refractivity contribution is 5.55. The largest absolute Gasteiger partial charge is 0.383 e. The minimum Gasteiger partial charge on any atom is -0.383 e. The molecule has 4 heteroatoms. The number of rotatable bonds is 7. The van der Waals surface area contributed by atoms with Gasteiger partial charge in [0.25, 0.3) is 0 Å². The maximum absolute atomic E-state index is 5.47. The maximum atomic E-state index is 5.47. The van der Waals surface area contributed by atoms with Gasteiger partial charge in [-0.05, 0) is 25.0 Å². The molecule has 1 aliphatic heterocycles. The summed E-state index contributed by atoms with van der Waals surface area (Å²) in [4.78, 5) is 2.43. The number of anilines is 1. The van der Waals surface area contributed by atoms with Crippen LogP contribution < -0.4 is 10.2 Å². The summed E-state index contributed by atoms with van der Waals surface area (Å²) in [6.45, 7) is 6.72. The molecule has 2 rings (SSSR count). The first-order valence-electron chi connectivity index (χ1n) is 7.31. The molecule has 0 saturated carbocycles. The zero-order valence-electron chi connectivity index (χ0n) is 12.8. The summed E-state index contributed by atoms with van der Waals surface area (Å²) in [6.07, 6.45) is 1.48. The van der Waals surface area contributed by atoms with E-state index in [4.69, 9.17) is 9.47 Å². The molecule has 0 spiro atoms. The molecule has 0 aromatic heterocycles. The summed E-state index contributed by atoms with van der Waals surface area (Å²) in [7, 11) is 3.53. The van der Waals surface area contributed by atoms with E-state index in [0.717, 1.165) is 39.2 Å². The average Bonchev–Trinajstić information content (AvgIpc) is 2.92. The summed E-state index contributed by atoms with van der Waals surface area (Å²) in [6, 6.07) is 6.70. The molecular formula is C16H26N2O2. The number of hydrogen-bond donors (Lipinski definition) is 1. The van der Waals surface area contributed by atoms with Crippen molar-refractivity contribution in [2.75, 3.05) is 45.4 Å². The Hall–Kier alpha value is -1.10. The van der Waals surface area contributed by atoms with Gasteiger partial charge in [0, 0.05) is 46.1 Å². The van der Waals surface area contributed by atoms with Crippen molar-refractivity contribution in [2.45, 2.75) is 26.0 Å². The van der Waals surface area contributed by atoms with Crippen LogP contribution in [-0.4, -0.2) is 46.6 Å². The highest BCUT2D eigenvalue weighted by atomic mass is 16.5. The van der Waals surface area contributed by atoms with E-state index in [1.54, 1.807) is 14.2 Å². The Morgan fingerprint density at radius 2 is 2.20 bits per heavy atom. The lowest BCUT2D eigenvalue weighted by molar-refractivity contribution is 0.121. The van der Waals surface area contributed by atoms with Crippen molar-refractivity contribution in [2.24, 2.45) is 0 Å². The number of nitrogens with zero attached hydrogens (tertiary/aromatic N) is 1. The van der Waals surface area contributed by atoms with Crippen LogP contribution in [0.3, 0.4) is 0 Å². The molecule has 1 saturated heterocycles. The molecule has 1 N–H and O–H groups in total. The summed E-state index contributed by atoms with van der Waals surface area (Å²) >= 11 is 0. The second kappa shape index (κ2) is 7.62. The molecule has 1 fully saturated rings. The standard InChI is InChI=1S/C16H26N2O2/c1-13-4-5-16(18-8-6-15(12-18)20-3)14(10-13)11-17-7-9-19-2/h4-5,10,15,17H,6-9,11-12H2,1-3H3. The van der Waals surface area contributed by atoms with Crippen molar-refractivity contribution in [1.29, 1.82) is 0 Å². The topological polar surface area (TPSA) is 33.7 Å². The first-order valence-corrected chi connectivity index (χ1v) is 7.31. The van der Waals surface area contributed by atoms with E-state index in [0.29, 0.717) is 6.10 Å². The Labute approximate surface area is 122 Å². The fourth-order valence-corrected chi connectivity index (χ4v) is 2.70. The van der Waals surface area contributed by atoms with Crippen LogP contribution in [0.5, 0.6) is 0 Å². The molecule has 1 atom stereocenters. The number of benzene rings is 1. The van der Waals surface area contributed by atoms with Gasteiger partial charge in [-0.25, -0.2) is 0 Å². The molecule has 112 valence electrons. The molecule has 1 unspecified atom stereocenters. The molecule has 1 aromatic carbocycles. The van der Waals surface area contributed by atoms with Gasteiger partial charge in [-0.2, -0.15) is 0 Å². The van der Waals surface area contributed by atoms with Crippen molar-refractivity contribution in [3.05, 3.63) is 29.3 Å². The third-order valence-corrected chi connectivity index (χ3v) is 3.85. The Morgan fingerprint density at radius 3 is 2.90 bits per heavy atom. The number of methoxy groups -OCH3 is 2. The maximum Gasteiger partial charge on any atom is 0.0762 e. The van der Waals surface area contributed by atoms with E-state index in [1.807, 2.05) is 0 Å². The van der Waals surface area contributed by atoms with Crippen molar-refractivity contribution in [1.82, 2.24) is 5.32 Å². The van der Waals surface area contributed by atoms with E-state index in [1.165, 1.54) is 16.8 Å². The van der Waals surface area contributed by atoms with Crippen molar-refractivity contribution < 1.29 is 9.47 Å². The van der Waals surface area contributed by atoms with Crippen LogP contribution in [0, 0.1) is 6.92 Å². The lowest BCUT2D eigenvalue weighted by atomic mass is 10.1. The van der Waals surface area contributed by atoms with E-state index in [9.17, 15) is 0 Å². The Morgan fingerprint density at radius 1 is 1.35 bits per heavy atom. The molecule has 0 amide bonds. The fraction of sp³-hybridized carbons (Fsp3) is 0.625. The first-order chi connectivity index (χ1) is 9.74. The van der Waals surface area contributed by atoms with Gasteiger partial charge in [0.2, 0.25) is 0 Å². The lowest BCUT2D eigenvalue weighted by Gasteiger charge is -2.22. The Balaban J connectivity index is 2.03. The third-order valence-electron chi connectivity index (χ3n) is 3.85. The quantitative estimate of drug-likeness (QED) is 0.773. The molecule has 20 heavy (non-hydrogen) atoms. The van der Waals surface area contributed by atoms with Crippen molar-refractivity contribution in [3.63, 3.8) is 0 Å². The van der Waals surface area contributed by atoms with E-state index in [-0.39, 0.29) is 0 Å². The van der Waals surface area contributed by atoms with Gasteiger partial charge in [0.05, 0.1) is 12.7 Å². The predicted molar refractivity (Wildman–Crippen MR) is 82.4 cm³/mol. The van der Waals surface area contributed by atoms with Gasteiger partial charge in [0.1, 0.15) is 0 Å². The summed E-state index contributed by atoms with van der Waals surface area (Å²) < 4.78 is 10.5. The first kappa shape index (κ1) is 15.3. The summed E-state index contributed by atoms with van der Waals surface area (Å²) in [5, 5.41) is 3.44. The van der Waals surface area contributed by atoms with Gasteiger partial charge in [-0.15, -0.1) is 0 Å². The predicted octanol–water partition coefficient (Wildman–Crippen LogP) is 1.96. The number of ether oxygens (including phenoxy) is 2. The van der Waals surface area contributed by atoms with Crippen LogP contribution in [0.2, 0.25) is 0 Å². The highest BCUT2D eigenvalue weighted by Gasteiger charge is 2.23. The molecule has 1 heterocycles. The van der Waals surface area contributed by atoms with Crippen LogP contribution in [-0.2, 0) is 16.0 Å². The van der Waals surface area contributed by atoms with Gasteiger partial charge >= 0.3 is 0 Å². The van der Waals surface area contributed by atoms with Crippen LogP contribution in [0.25, 0.3) is 0 Å². The third kappa shape index (κ3) is 3.95. The second-order valence-electron chi connectivity index (χ2n) is 5.39. The summed E-state index contributed by atoms with van der Waals surface area (Å²) in [5.41, 5.74) is 4.00. The molecule has 0 aliphatic carbocycles. The second-order valence-corrected chi connectivity index (χ2v) is 5.39. The van der Waals surface area contributed by atoms with E-state index < -0.39 is 0 Å². The zero-order chi connectivity index (χ0) is 14.4. The number of aryl methyl sites for hydroxylation is 1.